The van der Waals surface area contributed by atoms with Crippen LogP contribution in [0.5, 0.6) is 0 Å². The summed E-state index contributed by atoms with van der Waals surface area (Å²) in [5.74, 6) is 2.64. The van der Waals surface area contributed by atoms with Gasteiger partial charge in [0.05, 0.1) is 0 Å². The van der Waals surface area contributed by atoms with Gasteiger partial charge in [0, 0.05) is 11.5 Å². The van der Waals surface area contributed by atoms with E-state index in [-0.39, 0.29) is 0 Å². The Hall–Kier alpha value is -1.73. The van der Waals surface area contributed by atoms with Gasteiger partial charge in [0.25, 0.3) is 0 Å². The predicted molar refractivity (Wildman–Crippen MR) is 165 cm³/mol. The third kappa shape index (κ3) is 20.8. The second-order valence-corrected chi connectivity index (χ2v) is 8.98. The molecule has 0 aliphatic rings. The molecule has 0 spiro atoms. The van der Waals surface area contributed by atoms with Gasteiger partial charge in [-0.15, -0.1) is 13.2 Å². The molecule has 2 rings (SSSR count). The van der Waals surface area contributed by atoms with Crippen molar-refractivity contribution in [2.45, 2.75) is 107 Å². The minimum Gasteiger partial charge on any atom is -0.153 e. The number of hydrogen-bond acceptors (Lipinski definition) is 1. The maximum Gasteiger partial charge on any atom is 0.0187 e. The van der Waals surface area contributed by atoms with Gasteiger partial charge in [-0.05, 0) is 41.5 Å². The maximum absolute atomic E-state index is 3.75. The summed E-state index contributed by atoms with van der Waals surface area (Å²) in [5.41, 5.74) is 6.63. The smallest absolute Gasteiger partial charge is 0.0187 e. The van der Waals surface area contributed by atoms with Crippen molar-refractivity contribution in [2.24, 2.45) is 0 Å². The normalized spacial score (nSPS) is 9.03. The molecule has 34 heavy (non-hydrogen) atoms. The lowest BCUT2D eigenvalue weighted by atomic mass is 9.97. The van der Waals surface area contributed by atoms with Crippen LogP contribution in [0.15, 0.2) is 73.3 Å². The third-order valence-electron chi connectivity index (χ3n) is 4.66. The molecule has 194 valence electrons. The maximum atomic E-state index is 3.75. The summed E-state index contributed by atoms with van der Waals surface area (Å²) in [5, 5.41) is 0. The van der Waals surface area contributed by atoms with Crippen molar-refractivity contribution in [3.63, 3.8) is 0 Å². The average Bonchev–Trinajstić information content (AvgIpc) is 2.88. The van der Waals surface area contributed by atoms with Crippen LogP contribution < -0.4 is 0 Å². The van der Waals surface area contributed by atoms with Crippen molar-refractivity contribution in [1.29, 1.82) is 0 Å². The van der Waals surface area contributed by atoms with E-state index in [0.717, 1.165) is 17.9 Å². The Kier molecular flexibility index (Phi) is 29.8. The van der Waals surface area contributed by atoms with E-state index in [9.17, 15) is 0 Å². The molecule has 2 aromatic carbocycles. The van der Waals surface area contributed by atoms with E-state index in [1.54, 1.807) is 0 Å². The number of hydrogen-bond donors (Lipinski definition) is 0. The topological polar surface area (TPSA) is 0 Å². The van der Waals surface area contributed by atoms with Crippen LogP contribution in [-0.4, -0.2) is 5.75 Å². The molecule has 0 N–H and O–H groups in total. The lowest BCUT2D eigenvalue weighted by Gasteiger charge is -2.09. The molecule has 0 aliphatic heterocycles. The molecule has 0 aromatic heterocycles. The zero-order chi connectivity index (χ0) is 26.8. The van der Waals surface area contributed by atoms with E-state index in [2.05, 4.69) is 96.3 Å². The van der Waals surface area contributed by atoms with Gasteiger partial charge in [-0.1, -0.05) is 142 Å². The zero-order valence-corrected chi connectivity index (χ0v) is 25.2. The first-order valence-electron chi connectivity index (χ1n) is 13.4. The SMILES string of the molecule is C=C(C)CC.C=CCSCc1ccc(-c2cccc(C(C)C)c2)cc1.CC.CC.CCCCC. The van der Waals surface area contributed by atoms with Gasteiger partial charge in [-0.25, -0.2) is 0 Å². The molecular formula is C33H56S. The monoisotopic (exact) mass is 484 g/mol. The molecule has 0 nitrogen and oxygen atoms in total. The molecule has 0 fully saturated rings. The second kappa shape index (κ2) is 27.5. The minimum absolute atomic E-state index is 0.574. The molecule has 0 bridgehead atoms. The largest absolute Gasteiger partial charge is 0.153 e. The molecule has 0 unspecified atom stereocenters. The summed E-state index contributed by atoms with van der Waals surface area (Å²) in [6.45, 7) is 28.4. The van der Waals surface area contributed by atoms with E-state index in [1.807, 2.05) is 52.5 Å². The van der Waals surface area contributed by atoms with Crippen LogP contribution in [0, 0.1) is 0 Å². The third-order valence-corrected chi connectivity index (χ3v) is 5.66. The summed E-state index contributed by atoms with van der Waals surface area (Å²) >= 11 is 1.90. The van der Waals surface area contributed by atoms with Crippen molar-refractivity contribution < 1.29 is 0 Å². The first-order valence-corrected chi connectivity index (χ1v) is 14.6. The Balaban J connectivity index is -0.000000570. The van der Waals surface area contributed by atoms with E-state index in [0.29, 0.717) is 5.92 Å². The van der Waals surface area contributed by atoms with Crippen LogP contribution in [0.2, 0.25) is 0 Å². The van der Waals surface area contributed by atoms with E-state index in [4.69, 9.17) is 0 Å². The lowest BCUT2D eigenvalue weighted by molar-refractivity contribution is 0.772. The highest BCUT2D eigenvalue weighted by Crippen LogP contribution is 2.25. The predicted octanol–water partition coefficient (Wildman–Crippen LogP) is 12.1. The summed E-state index contributed by atoms with van der Waals surface area (Å²) < 4.78 is 0. The molecule has 0 heterocycles. The first kappa shape index (κ1) is 36.8. The summed E-state index contributed by atoms with van der Waals surface area (Å²) in [4.78, 5) is 0. The fourth-order valence-electron chi connectivity index (χ4n) is 2.48. The van der Waals surface area contributed by atoms with Crippen LogP contribution in [0.1, 0.15) is 112 Å². The van der Waals surface area contributed by atoms with Crippen molar-refractivity contribution in [2.75, 3.05) is 5.75 Å². The highest BCUT2D eigenvalue weighted by molar-refractivity contribution is 7.98. The molecule has 0 saturated heterocycles. The van der Waals surface area contributed by atoms with Crippen LogP contribution in [0.25, 0.3) is 11.1 Å². The van der Waals surface area contributed by atoms with Crippen molar-refractivity contribution in [3.05, 3.63) is 84.5 Å². The van der Waals surface area contributed by atoms with Crippen LogP contribution >= 0.6 is 11.8 Å². The first-order chi connectivity index (χ1) is 16.4. The fraction of sp³-hybridized carbons (Fsp3) is 0.515. The lowest BCUT2D eigenvalue weighted by Crippen LogP contribution is -1.88. The van der Waals surface area contributed by atoms with Gasteiger partial charge in [0.2, 0.25) is 0 Å². The minimum atomic E-state index is 0.574. The van der Waals surface area contributed by atoms with Crippen LogP contribution in [-0.2, 0) is 5.75 Å². The van der Waals surface area contributed by atoms with Gasteiger partial charge in [-0.2, -0.15) is 11.8 Å². The molecule has 0 aliphatic carbocycles. The molecular weight excluding hydrogens is 428 g/mol. The van der Waals surface area contributed by atoms with Crippen molar-refractivity contribution in [1.82, 2.24) is 0 Å². The standard InChI is InChI=1S/C19H22S.C5H10.C5H12.2C2H6/c1-4-12-20-14-16-8-10-17(11-9-16)19-7-5-6-18(13-19)15(2)3;1-4-5(2)3;1-3-5-4-2;2*1-2/h4-11,13,15H,1,12,14H2,2-3H3;2,4H2,1,3H3;3-5H2,1-2H3;2*1-2H3. The molecule has 0 radical (unpaired) electrons. The quantitative estimate of drug-likeness (QED) is 0.252. The van der Waals surface area contributed by atoms with Gasteiger partial charge >= 0.3 is 0 Å². The van der Waals surface area contributed by atoms with E-state index >= 15 is 0 Å². The summed E-state index contributed by atoms with van der Waals surface area (Å²) in [6.07, 6.45) is 7.14. The van der Waals surface area contributed by atoms with Crippen LogP contribution in [0.3, 0.4) is 0 Å². The van der Waals surface area contributed by atoms with Crippen LogP contribution in [0.4, 0.5) is 0 Å². The number of rotatable bonds is 9. The van der Waals surface area contributed by atoms with Crippen molar-refractivity contribution in [3.8, 4) is 11.1 Å². The molecule has 0 amide bonds. The second-order valence-electron chi connectivity index (χ2n) is 7.95. The molecule has 0 saturated carbocycles. The Bertz CT molecular complexity index is 693. The van der Waals surface area contributed by atoms with Gasteiger partial charge < -0.3 is 0 Å². The van der Waals surface area contributed by atoms with Gasteiger partial charge in [0.15, 0.2) is 0 Å². The average molecular weight is 485 g/mol. The Morgan fingerprint density at radius 3 is 1.79 bits per heavy atom. The highest BCUT2D eigenvalue weighted by atomic mass is 32.2. The van der Waals surface area contributed by atoms with Crippen molar-refractivity contribution >= 4 is 11.8 Å². The highest BCUT2D eigenvalue weighted by Gasteiger charge is 2.02. The summed E-state index contributed by atoms with van der Waals surface area (Å²) in [6, 6.07) is 17.7. The van der Waals surface area contributed by atoms with Gasteiger partial charge in [0.1, 0.15) is 0 Å². The Labute approximate surface area is 219 Å². The number of benzene rings is 2. The number of allylic oxidation sites excluding steroid dienone is 1. The van der Waals surface area contributed by atoms with E-state index < -0.39 is 0 Å². The summed E-state index contributed by atoms with van der Waals surface area (Å²) in [7, 11) is 0. The Morgan fingerprint density at radius 2 is 1.41 bits per heavy atom. The number of unbranched alkanes of at least 4 members (excludes halogenated alkanes) is 2. The fourth-order valence-corrected chi connectivity index (χ4v) is 3.20. The Morgan fingerprint density at radius 1 is 0.882 bits per heavy atom. The van der Waals surface area contributed by atoms with E-state index in [1.165, 1.54) is 47.1 Å². The molecule has 0 atom stereocenters. The number of thioether (sulfide) groups is 1. The molecule has 1 heteroatoms. The van der Waals surface area contributed by atoms with Gasteiger partial charge in [-0.3, -0.25) is 0 Å². The molecule has 2 aromatic rings. The zero-order valence-electron chi connectivity index (χ0n) is 24.3.